The number of para-hydroxylation sites is 2. The number of rotatable bonds is 8. The van der Waals surface area contributed by atoms with E-state index in [1.165, 1.54) is 28.4 Å². The third kappa shape index (κ3) is 4.62. The maximum Gasteiger partial charge on any atom is 0.147 e. The zero-order valence-electron chi connectivity index (χ0n) is 19.2. The first-order chi connectivity index (χ1) is 16.2. The molecule has 5 rings (SSSR count). The molecule has 1 aliphatic rings. The van der Waals surface area contributed by atoms with Crippen molar-refractivity contribution in [1.82, 2.24) is 20.3 Å². The normalized spacial score (nSPS) is 15.8. The molecule has 1 fully saturated rings. The fourth-order valence-corrected chi connectivity index (χ4v) is 5.01. The summed E-state index contributed by atoms with van der Waals surface area (Å²) < 4.78 is 0. The molecule has 0 radical (unpaired) electrons. The molecule has 2 aromatic carbocycles. The van der Waals surface area contributed by atoms with Gasteiger partial charge in [0, 0.05) is 41.6 Å². The van der Waals surface area contributed by atoms with Crippen molar-refractivity contribution in [3.63, 3.8) is 0 Å². The van der Waals surface area contributed by atoms with E-state index in [2.05, 4.69) is 51.4 Å². The second kappa shape index (κ2) is 9.32. The molecule has 2 aromatic heterocycles. The molecule has 2 N–H and O–H groups in total. The molecule has 33 heavy (non-hydrogen) atoms. The number of nitrogens with zero attached hydrogens (tertiary/aromatic N) is 3. The Labute approximate surface area is 194 Å². The number of piperidine rings is 1. The van der Waals surface area contributed by atoms with E-state index in [1.807, 2.05) is 30.5 Å². The van der Waals surface area contributed by atoms with Crippen molar-refractivity contribution in [2.75, 3.05) is 24.5 Å². The lowest BCUT2D eigenvalue weighted by atomic mass is 9.76. The van der Waals surface area contributed by atoms with Crippen LogP contribution in [0.3, 0.4) is 0 Å². The second-order valence-corrected chi connectivity index (χ2v) is 9.30. The molecular weight excluding hydrogens is 410 g/mol. The lowest BCUT2D eigenvalue weighted by Gasteiger charge is -2.38. The second-order valence-electron chi connectivity index (χ2n) is 9.30. The summed E-state index contributed by atoms with van der Waals surface area (Å²) in [6, 6.07) is 16.6. The van der Waals surface area contributed by atoms with E-state index in [4.69, 9.17) is 4.98 Å². The summed E-state index contributed by atoms with van der Waals surface area (Å²) in [5.41, 5.74) is 5.29. The van der Waals surface area contributed by atoms with Crippen molar-refractivity contribution in [2.45, 2.75) is 39.2 Å². The van der Waals surface area contributed by atoms with E-state index in [1.54, 1.807) is 0 Å². The predicted octanol–water partition coefficient (Wildman–Crippen LogP) is 4.78. The summed E-state index contributed by atoms with van der Waals surface area (Å²) in [7, 11) is 0. The van der Waals surface area contributed by atoms with Gasteiger partial charge >= 0.3 is 0 Å². The number of benzene rings is 2. The highest BCUT2D eigenvalue weighted by Crippen LogP contribution is 2.35. The number of aldehydes is 1. The van der Waals surface area contributed by atoms with Gasteiger partial charge < -0.3 is 20.0 Å². The van der Waals surface area contributed by atoms with Crippen LogP contribution in [0.2, 0.25) is 0 Å². The molecule has 1 aliphatic heterocycles. The van der Waals surface area contributed by atoms with Crippen LogP contribution in [0, 0.1) is 12.3 Å². The molecule has 170 valence electrons. The fraction of sp³-hybridized carbons (Fsp3) is 0.370. The molecule has 0 aliphatic carbocycles. The number of hydrogen-bond donors (Lipinski definition) is 2. The zero-order valence-corrected chi connectivity index (χ0v) is 19.2. The van der Waals surface area contributed by atoms with Crippen LogP contribution in [0.5, 0.6) is 0 Å². The maximum atomic E-state index is 12.1. The summed E-state index contributed by atoms with van der Waals surface area (Å²) in [6.07, 6.45) is 6.72. The molecule has 0 unspecified atom stereocenters. The van der Waals surface area contributed by atoms with Crippen LogP contribution in [0.1, 0.15) is 36.9 Å². The van der Waals surface area contributed by atoms with Crippen LogP contribution in [-0.4, -0.2) is 40.9 Å². The topological polar surface area (TPSA) is 73.9 Å². The molecule has 3 heterocycles. The quantitative estimate of drug-likeness (QED) is 0.304. The van der Waals surface area contributed by atoms with Gasteiger partial charge in [-0.3, -0.25) is 4.98 Å². The molecule has 0 saturated carbocycles. The number of aromatic nitrogens is 3. The molecule has 6 heteroatoms. The molecule has 1 saturated heterocycles. The van der Waals surface area contributed by atoms with Crippen molar-refractivity contribution in [2.24, 2.45) is 5.41 Å². The maximum absolute atomic E-state index is 12.1. The molecule has 0 atom stereocenters. The Morgan fingerprint density at radius 1 is 1.12 bits per heavy atom. The van der Waals surface area contributed by atoms with E-state index < -0.39 is 0 Å². The Kier molecular flexibility index (Phi) is 6.09. The van der Waals surface area contributed by atoms with Crippen molar-refractivity contribution in [3.8, 4) is 0 Å². The van der Waals surface area contributed by atoms with Crippen LogP contribution in [-0.2, 0) is 11.3 Å². The van der Waals surface area contributed by atoms with Crippen molar-refractivity contribution >= 4 is 34.0 Å². The van der Waals surface area contributed by atoms with Gasteiger partial charge in [-0.1, -0.05) is 24.3 Å². The Morgan fingerprint density at radius 2 is 1.94 bits per heavy atom. The molecule has 0 spiro atoms. The van der Waals surface area contributed by atoms with Gasteiger partial charge in [-0.25, -0.2) is 4.98 Å². The summed E-state index contributed by atoms with van der Waals surface area (Å²) in [4.78, 5) is 27.0. The number of hydrogen-bond acceptors (Lipinski definition) is 5. The van der Waals surface area contributed by atoms with Crippen LogP contribution in [0.25, 0.3) is 21.9 Å². The van der Waals surface area contributed by atoms with Crippen molar-refractivity contribution < 1.29 is 4.79 Å². The van der Waals surface area contributed by atoms with E-state index in [-0.39, 0.29) is 5.41 Å². The molecule has 4 aromatic rings. The average molecular weight is 442 g/mol. The number of carbonyl (C=O) groups is 1. The summed E-state index contributed by atoms with van der Waals surface area (Å²) in [5, 5.41) is 4.87. The van der Waals surface area contributed by atoms with Gasteiger partial charge in [-0.05, 0) is 69.0 Å². The highest BCUT2D eigenvalue weighted by Gasteiger charge is 2.34. The smallest absolute Gasteiger partial charge is 0.147 e. The minimum Gasteiger partial charge on any atom is -0.359 e. The number of H-pyrrole nitrogens is 1. The number of aryl methyl sites for hydroxylation is 1. The lowest BCUT2D eigenvalue weighted by Crippen LogP contribution is -2.41. The van der Waals surface area contributed by atoms with Crippen LogP contribution >= 0.6 is 0 Å². The Bertz CT molecular complexity index is 1260. The molecule has 0 amide bonds. The number of nitrogens with one attached hydrogen (secondary N) is 2. The number of fused-ring (bicyclic) bond motifs is 2. The van der Waals surface area contributed by atoms with Crippen LogP contribution < -0.4 is 10.2 Å². The van der Waals surface area contributed by atoms with Gasteiger partial charge in [0.15, 0.2) is 0 Å². The van der Waals surface area contributed by atoms with E-state index in [9.17, 15) is 4.79 Å². The van der Waals surface area contributed by atoms with Crippen molar-refractivity contribution in [3.05, 3.63) is 66.0 Å². The summed E-state index contributed by atoms with van der Waals surface area (Å²) >= 11 is 0. The largest absolute Gasteiger partial charge is 0.359 e. The average Bonchev–Trinajstić information content (AvgIpc) is 3.25. The Balaban J connectivity index is 1.12. The van der Waals surface area contributed by atoms with Gasteiger partial charge in [0.2, 0.25) is 0 Å². The van der Waals surface area contributed by atoms with Gasteiger partial charge in [0.05, 0.1) is 17.2 Å². The fourth-order valence-electron chi connectivity index (χ4n) is 5.01. The van der Waals surface area contributed by atoms with Crippen LogP contribution in [0.4, 0.5) is 5.82 Å². The lowest BCUT2D eigenvalue weighted by molar-refractivity contribution is -0.117. The highest BCUT2D eigenvalue weighted by molar-refractivity contribution is 5.83. The van der Waals surface area contributed by atoms with E-state index in [0.717, 1.165) is 68.7 Å². The number of aromatic amines is 1. The predicted molar refractivity (Wildman–Crippen MR) is 133 cm³/mol. The van der Waals surface area contributed by atoms with Gasteiger partial charge in [-0.2, -0.15) is 0 Å². The Hall–Kier alpha value is -3.25. The molecular formula is C27H31N5O. The summed E-state index contributed by atoms with van der Waals surface area (Å²) in [6.45, 7) is 5.53. The monoisotopic (exact) mass is 441 g/mol. The first-order valence-electron chi connectivity index (χ1n) is 11.9. The van der Waals surface area contributed by atoms with Gasteiger partial charge in [0.25, 0.3) is 0 Å². The molecule has 0 bridgehead atoms. The van der Waals surface area contributed by atoms with Crippen molar-refractivity contribution in [1.29, 1.82) is 0 Å². The third-order valence-electron chi connectivity index (χ3n) is 7.00. The number of carbonyl (C=O) groups excluding carboxylic acids is 1. The zero-order chi connectivity index (χ0) is 22.7. The third-order valence-corrected chi connectivity index (χ3v) is 7.00. The number of anilines is 1. The first kappa shape index (κ1) is 21.6. The minimum atomic E-state index is -0.222. The van der Waals surface area contributed by atoms with Gasteiger partial charge in [-0.15, -0.1) is 0 Å². The standard InChI is InChI=1S/C27H31N5O/c1-20-16-22-21(6-4-9-23(22)30-20)17-28-13-5-10-27(19-33)11-14-32(15-12-27)26-18-29-24-7-2-3-8-25(24)31-26/h2-4,6-9,16,18-19,28,30H,5,10-15,17H2,1H3. The molecule has 6 nitrogen and oxygen atoms in total. The summed E-state index contributed by atoms with van der Waals surface area (Å²) in [5.74, 6) is 0.907. The van der Waals surface area contributed by atoms with Crippen LogP contribution in [0.15, 0.2) is 54.7 Å². The minimum absolute atomic E-state index is 0.222. The Morgan fingerprint density at radius 3 is 2.76 bits per heavy atom. The van der Waals surface area contributed by atoms with E-state index >= 15 is 0 Å². The first-order valence-corrected chi connectivity index (χ1v) is 11.9. The van der Waals surface area contributed by atoms with Gasteiger partial charge in [0.1, 0.15) is 12.1 Å². The highest BCUT2D eigenvalue weighted by atomic mass is 16.1. The van der Waals surface area contributed by atoms with E-state index in [0.29, 0.717) is 0 Å². The SMILES string of the molecule is Cc1cc2c(CNCCCC3(C=O)CCN(c4cnc5ccccc5n4)CC3)cccc2[nH]1.